The molecule has 3 aliphatic rings. The third-order valence-electron chi connectivity index (χ3n) is 3.05. The van der Waals surface area contributed by atoms with Gasteiger partial charge in [0, 0.05) is 26.2 Å². The highest BCUT2D eigenvalue weighted by Crippen LogP contribution is 2.17. The van der Waals surface area contributed by atoms with Gasteiger partial charge in [0.25, 0.3) is 0 Å². The van der Waals surface area contributed by atoms with Gasteiger partial charge in [0.15, 0.2) is 0 Å². The maximum Gasteiger partial charge on any atom is 0.0794 e. The van der Waals surface area contributed by atoms with Crippen molar-refractivity contribution in [2.75, 3.05) is 39.5 Å². The van der Waals surface area contributed by atoms with Gasteiger partial charge in [-0.3, -0.25) is 0 Å². The summed E-state index contributed by atoms with van der Waals surface area (Å²) in [5, 5.41) is 9.65. The molecule has 0 radical (unpaired) electrons. The Balaban J connectivity index is 1.75. The van der Waals surface area contributed by atoms with E-state index in [4.69, 9.17) is 0 Å². The smallest absolute Gasteiger partial charge is 0.0794 e. The Morgan fingerprint density at radius 3 is 1.07 bits per heavy atom. The predicted octanol–water partition coefficient (Wildman–Crippen LogP) is 0.0926. The normalized spacial score (nSPS) is 30.3. The van der Waals surface area contributed by atoms with Gasteiger partial charge in [0.1, 0.15) is 0 Å². The summed E-state index contributed by atoms with van der Waals surface area (Å²) in [7, 11) is 0. The molecule has 0 aromatic heterocycles. The zero-order valence-electron chi connectivity index (χ0n) is 8.34. The molecule has 1 fully saturated rings. The first-order valence-corrected chi connectivity index (χ1v) is 5.23. The number of nitrogens with zero attached hydrogens (tertiary/aromatic N) is 4. The molecule has 76 valence electrons. The lowest BCUT2D eigenvalue weighted by Gasteiger charge is -2.50. The summed E-state index contributed by atoms with van der Waals surface area (Å²) in [5.74, 6) is 0. The van der Waals surface area contributed by atoms with E-state index in [2.05, 4.69) is 44.3 Å². The van der Waals surface area contributed by atoms with Gasteiger partial charge in [0.2, 0.25) is 0 Å². The van der Waals surface area contributed by atoms with Crippen LogP contribution in [0.1, 0.15) is 0 Å². The minimum absolute atomic E-state index is 1.04. The Bertz CT molecular complexity index is 221. The van der Waals surface area contributed by atoms with Crippen molar-refractivity contribution in [1.29, 1.82) is 0 Å². The molecule has 0 amide bonds. The number of fused-ring (bicyclic) bond motifs is 2. The fourth-order valence-electron chi connectivity index (χ4n) is 2.21. The van der Waals surface area contributed by atoms with Crippen LogP contribution in [0, 0.1) is 0 Å². The maximum atomic E-state index is 2.41. The molecular formula is C10H16N4. The van der Waals surface area contributed by atoms with E-state index in [9.17, 15) is 0 Å². The van der Waals surface area contributed by atoms with Crippen molar-refractivity contribution in [1.82, 2.24) is 20.0 Å². The standard InChI is InChI=1S/C10H16N4/c1-2-6-12-10-14-8-4-3-7-13(14)9-11(12)5-1/h1-4H,5-10H2. The van der Waals surface area contributed by atoms with E-state index < -0.39 is 0 Å². The van der Waals surface area contributed by atoms with Crippen LogP contribution < -0.4 is 0 Å². The van der Waals surface area contributed by atoms with E-state index in [1.54, 1.807) is 0 Å². The molecule has 0 aromatic carbocycles. The Labute approximate surface area is 84.6 Å². The van der Waals surface area contributed by atoms with Gasteiger partial charge < -0.3 is 0 Å². The fourth-order valence-corrected chi connectivity index (χ4v) is 2.21. The van der Waals surface area contributed by atoms with Crippen LogP contribution in [0.15, 0.2) is 24.3 Å². The topological polar surface area (TPSA) is 13.0 Å². The Morgan fingerprint density at radius 1 is 0.500 bits per heavy atom. The zero-order valence-corrected chi connectivity index (χ0v) is 8.34. The van der Waals surface area contributed by atoms with Crippen LogP contribution in [-0.2, 0) is 0 Å². The van der Waals surface area contributed by atoms with Gasteiger partial charge >= 0.3 is 0 Å². The molecule has 3 aliphatic heterocycles. The van der Waals surface area contributed by atoms with Crippen LogP contribution in [0.5, 0.6) is 0 Å². The molecule has 1 saturated heterocycles. The Morgan fingerprint density at radius 2 is 0.786 bits per heavy atom. The molecule has 0 saturated carbocycles. The summed E-state index contributed by atoms with van der Waals surface area (Å²) in [5.41, 5.74) is 0. The van der Waals surface area contributed by atoms with E-state index in [0.29, 0.717) is 0 Å². The quantitative estimate of drug-likeness (QED) is 0.504. The van der Waals surface area contributed by atoms with Crippen LogP contribution in [0.2, 0.25) is 0 Å². The molecule has 4 heteroatoms. The maximum absolute atomic E-state index is 2.41. The van der Waals surface area contributed by atoms with E-state index in [1.165, 1.54) is 0 Å². The highest BCUT2D eigenvalue weighted by molar-refractivity contribution is 4.96. The number of rotatable bonds is 0. The molecule has 4 nitrogen and oxygen atoms in total. The fraction of sp³-hybridized carbons (Fsp3) is 0.600. The van der Waals surface area contributed by atoms with Crippen molar-refractivity contribution in [2.24, 2.45) is 0 Å². The van der Waals surface area contributed by atoms with E-state index in [1.807, 2.05) is 0 Å². The molecule has 0 bridgehead atoms. The second kappa shape index (κ2) is 3.47. The number of hydrogen-bond acceptors (Lipinski definition) is 4. The lowest BCUT2D eigenvalue weighted by Crippen LogP contribution is -2.64. The second-order valence-corrected chi connectivity index (χ2v) is 3.98. The van der Waals surface area contributed by atoms with Gasteiger partial charge in [-0.25, -0.2) is 20.0 Å². The molecule has 3 rings (SSSR count). The van der Waals surface area contributed by atoms with Gasteiger partial charge in [0.05, 0.1) is 13.3 Å². The number of hydrazine groups is 2. The summed E-state index contributed by atoms with van der Waals surface area (Å²) in [6, 6.07) is 0. The minimum Gasteiger partial charge on any atom is -0.221 e. The van der Waals surface area contributed by atoms with Crippen molar-refractivity contribution < 1.29 is 0 Å². The van der Waals surface area contributed by atoms with Crippen molar-refractivity contribution >= 4 is 0 Å². The monoisotopic (exact) mass is 192 g/mol. The molecule has 0 unspecified atom stereocenters. The molecule has 0 N–H and O–H groups in total. The molecule has 14 heavy (non-hydrogen) atoms. The van der Waals surface area contributed by atoms with Gasteiger partial charge in [-0.1, -0.05) is 24.3 Å². The second-order valence-electron chi connectivity index (χ2n) is 3.98. The molecule has 0 atom stereocenters. The lowest BCUT2D eigenvalue weighted by atomic mass is 10.3. The van der Waals surface area contributed by atoms with E-state index >= 15 is 0 Å². The summed E-state index contributed by atoms with van der Waals surface area (Å²) in [4.78, 5) is 0. The van der Waals surface area contributed by atoms with Crippen LogP contribution in [-0.4, -0.2) is 59.6 Å². The average Bonchev–Trinajstić information content (AvgIpc) is 2.26. The SMILES string of the molecule is C1=CCN2CN3CC=CCN3CN2C1. The van der Waals surface area contributed by atoms with E-state index in [0.717, 1.165) is 39.5 Å². The van der Waals surface area contributed by atoms with Gasteiger partial charge in [-0.05, 0) is 0 Å². The van der Waals surface area contributed by atoms with Crippen molar-refractivity contribution in [3.63, 3.8) is 0 Å². The van der Waals surface area contributed by atoms with Gasteiger partial charge in [-0.15, -0.1) is 0 Å². The van der Waals surface area contributed by atoms with Crippen LogP contribution in [0.25, 0.3) is 0 Å². The Hall–Kier alpha value is -0.680. The van der Waals surface area contributed by atoms with Crippen molar-refractivity contribution in [3.8, 4) is 0 Å². The summed E-state index contributed by atoms with van der Waals surface area (Å²) in [6.45, 7) is 6.33. The molecule has 3 heterocycles. The van der Waals surface area contributed by atoms with E-state index in [-0.39, 0.29) is 0 Å². The summed E-state index contributed by atoms with van der Waals surface area (Å²) in [6.07, 6.45) is 9.02. The highest BCUT2D eigenvalue weighted by atomic mass is 15.8. The van der Waals surface area contributed by atoms with Crippen molar-refractivity contribution in [3.05, 3.63) is 24.3 Å². The molecule has 0 aromatic rings. The largest absolute Gasteiger partial charge is 0.221 e. The molecular weight excluding hydrogens is 176 g/mol. The summed E-state index contributed by atoms with van der Waals surface area (Å²) >= 11 is 0. The first kappa shape index (κ1) is 8.61. The lowest BCUT2D eigenvalue weighted by molar-refractivity contribution is -0.213. The molecule has 0 aliphatic carbocycles. The Kier molecular flexibility index (Phi) is 2.14. The first-order chi connectivity index (χ1) is 6.93. The third kappa shape index (κ3) is 1.40. The zero-order chi connectivity index (χ0) is 9.38. The van der Waals surface area contributed by atoms with Crippen LogP contribution in [0.3, 0.4) is 0 Å². The summed E-state index contributed by atoms with van der Waals surface area (Å²) < 4.78 is 0. The van der Waals surface area contributed by atoms with Crippen LogP contribution in [0.4, 0.5) is 0 Å². The predicted molar refractivity (Wildman–Crippen MR) is 54.8 cm³/mol. The minimum atomic E-state index is 1.04. The third-order valence-corrected chi connectivity index (χ3v) is 3.05. The van der Waals surface area contributed by atoms with Crippen molar-refractivity contribution in [2.45, 2.75) is 0 Å². The van der Waals surface area contributed by atoms with Crippen LogP contribution >= 0.6 is 0 Å². The van der Waals surface area contributed by atoms with Gasteiger partial charge in [-0.2, -0.15) is 0 Å². The average molecular weight is 192 g/mol. The number of hydrogen-bond donors (Lipinski definition) is 0. The highest BCUT2D eigenvalue weighted by Gasteiger charge is 2.30. The first-order valence-electron chi connectivity index (χ1n) is 5.23. The molecule has 0 spiro atoms.